The van der Waals surface area contributed by atoms with Crippen molar-refractivity contribution in [3.8, 4) is 16.9 Å². The molecule has 8 rings (SSSR count). The van der Waals surface area contributed by atoms with Gasteiger partial charge >= 0.3 is 0 Å². The zero-order valence-electron chi connectivity index (χ0n) is 20.3. The van der Waals surface area contributed by atoms with Crippen LogP contribution in [-0.4, -0.2) is 14.5 Å². The van der Waals surface area contributed by atoms with Crippen LogP contribution < -0.4 is 0 Å². The number of para-hydroxylation sites is 1. The van der Waals surface area contributed by atoms with Gasteiger partial charge in [0.15, 0.2) is 0 Å². The van der Waals surface area contributed by atoms with Crippen molar-refractivity contribution in [3.63, 3.8) is 0 Å². The molecule has 0 bridgehead atoms. The molecule has 1 radical (unpaired) electrons. The van der Waals surface area contributed by atoms with Crippen LogP contribution in [0.15, 0.2) is 128 Å². The van der Waals surface area contributed by atoms with Gasteiger partial charge in [-0.2, -0.15) is 0 Å². The summed E-state index contributed by atoms with van der Waals surface area (Å²) in [6, 6.07) is 45.7. The van der Waals surface area contributed by atoms with Crippen LogP contribution in [0.1, 0.15) is 0 Å². The number of fused-ring (bicyclic) bond motifs is 3. The number of aromatic nitrogens is 3. The molecule has 3 nitrogen and oxygen atoms in total. The molecule has 0 saturated carbocycles. The van der Waals surface area contributed by atoms with Crippen LogP contribution in [0.3, 0.4) is 0 Å². The Morgan fingerprint density at radius 1 is 0.553 bits per heavy atom. The van der Waals surface area contributed by atoms with Gasteiger partial charge in [-0.3, -0.25) is 0 Å². The van der Waals surface area contributed by atoms with Crippen LogP contribution in [0, 0.1) is 12.1 Å². The van der Waals surface area contributed by atoms with E-state index in [9.17, 15) is 0 Å². The second-order valence-electron chi connectivity index (χ2n) is 8.87. The molecule has 5 aromatic carbocycles. The fraction of sp³-hybridized carbons (Fsp3) is 0. The third-order valence-corrected chi connectivity index (χ3v) is 6.75. The predicted octanol–water partition coefficient (Wildman–Crippen LogP) is 8.27. The first-order chi connectivity index (χ1) is 18.4. The Labute approximate surface area is 234 Å². The van der Waals surface area contributed by atoms with Crippen molar-refractivity contribution in [3.05, 3.63) is 140 Å². The molecule has 3 heterocycles. The molecule has 3 aromatic heterocycles. The van der Waals surface area contributed by atoms with E-state index in [2.05, 4.69) is 87.3 Å². The number of rotatable bonds is 2. The Morgan fingerprint density at radius 2 is 1.34 bits per heavy atom. The number of hydrogen-bond acceptors (Lipinski definition) is 2. The van der Waals surface area contributed by atoms with Gasteiger partial charge in [0.1, 0.15) is 0 Å². The fourth-order valence-electron chi connectivity index (χ4n) is 5.21. The van der Waals surface area contributed by atoms with E-state index in [1.165, 1.54) is 38.3 Å². The van der Waals surface area contributed by atoms with Crippen LogP contribution >= 0.6 is 0 Å². The smallest absolute Gasteiger partial charge is 0.0444 e. The topological polar surface area (TPSA) is 30.7 Å². The standard InChI is InChI=1S/C23H13N2.C11H8N.Ir/c1-2-7-15(8-3-1)25-19-12-4-9-16-17-11-6-14-24-23(17)18-10-5-13-20(25)22(18)21(16)19;1-2-6-10(7-3-1)11-8-4-5-9-12-11;/h1-9,11-14H;1-6,8-9H;/q2*-1;. The van der Waals surface area contributed by atoms with Gasteiger partial charge in [0, 0.05) is 43.7 Å². The zero-order valence-corrected chi connectivity index (χ0v) is 22.7. The molecule has 0 atom stereocenters. The molecule has 0 saturated heterocycles. The van der Waals surface area contributed by atoms with Crippen LogP contribution in [-0.2, 0) is 20.1 Å². The van der Waals surface area contributed by atoms with E-state index in [1.807, 2.05) is 60.8 Å². The monoisotopic (exact) mass is 664 g/mol. The van der Waals surface area contributed by atoms with Crippen molar-refractivity contribution in [2.45, 2.75) is 0 Å². The predicted molar refractivity (Wildman–Crippen MR) is 152 cm³/mol. The van der Waals surface area contributed by atoms with Crippen molar-refractivity contribution in [1.29, 1.82) is 0 Å². The van der Waals surface area contributed by atoms with E-state index in [0.29, 0.717) is 0 Å². The first kappa shape index (κ1) is 24.0. The zero-order chi connectivity index (χ0) is 24.6. The van der Waals surface area contributed by atoms with Crippen molar-refractivity contribution in [1.82, 2.24) is 14.5 Å². The largest absolute Gasteiger partial charge is 0.328 e. The Balaban J connectivity index is 0.000000172. The minimum absolute atomic E-state index is 0. The summed E-state index contributed by atoms with van der Waals surface area (Å²) in [6.45, 7) is 0. The minimum Gasteiger partial charge on any atom is -0.328 e. The molecule has 0 spiro atoms. The number of pyridine rings is 2. The van der Waals surface area contributed by atoms with E-state index in [0.717, 1.165) is 22.2 Å². The van der Waals surface area contributed by atoms with E-state index in [1.54, 1.807) is 6.20 Å². The fourth-order valence-corrected chi connectivity index (χ4v) is 5.21. The normalized spacial score (nSPS) is 10.9. The summed E-state index contributed by atoms with van der Waals surface area (Å²) in [5, 5.41) is 6.10. The summed E-state index contributed by atoms with van der Waals surface area (Å²) < 4.78 is 2.34. The van der Waals surface area contributed by atoms with Gasteiger partial charge in [0.2, 0.25) is 0 Å². The van der Waals surface area contributed by atoms with Gasteiger partial charge in [-0.05, 0) is 63.2 Å². The van der Waals surface area contributed by atoms with Gasteiger partial charge in [-0.25, -0.2) is 0 Å². The SMILES string of the molecule is [Ir].[c-]1ccc2c3c1c1ncccc1c1cccc(c13)n2-c1ccccc1.[c-]1ccccc1-c1ccccn1. The number of benzene rings is 5. The molecule has 183 valence electrons. The number of nitrogens with zero attached hydrogens (tertiary/aromatic N) is 3. The summed E-state index contributed by atoms with van der Waals surface area (Å²) in [6.07, 6.45) is 3.65. The third-order valence-electron chi connectivity index (χ3n) is 6.75. The van der Waals surface area contributed by atoms with Crippen molar-refractivity contribution < 1.29 is 20.1 Å². The number of hydrogen-bond donors (Lipinski definition) is 0. The minimum atomic E-state index is 0. The summed E-state index contributed by atoms with van der Waals surface area (Å²) in [4.78, 5) is 8.89. The van der Waals surface area contributed by atoms with Crippen LogP contribution in [0.4, 0.5) is 0 Å². The molecule has 0 amide bonds. The van der Waals surface area contributed by atoms with Gasteiger partial charge in [0.25, 0.3) is 0 Å². The van der Waals surface area contributed by atoms with Gasteiger partial charge in [-0.15, -0.1) is 59.5 Å². The maximum absolute atomic E-state index is 4.67. The Kier molecular flexibility index (Phi) is 6.43. The molecule has 38 heavy (non-hydrogen) atoms. The Hall–Kier alpha value is -4.37. The summed E-state index contributed by atoms with van der Waals surface area (Å²) >= 11 is 0. The molecular weight excluding hydrogens is 643 g/mol. The first-order valence-electron chi connectivity index (χ1n) is 12.3. The molecule has 0 aliphatic heterocycles. The van der Waals surface area contributed by atoms with Gasteiger partial charge < -0.3 is 14.5 Å². The molecular formula is C34H21IrN3-2. The third kappa shape index (κ3) is 3.95. The van der Waals surface area contributed by atoms with Crippen LogP contribution in [0.2, 0.25) is 0 Å². The summed E-state index contributed by atoms with van der Waals surface area (Å²) in [5.74, 6) is 0. The molecule has 0 N–H and O–H groups in total. The first-order valence-corrected chi connectivity index (χ1v) is 12.3. The molecule has 0 aliphatic carbocycles. The average molecular weight is 664 g/mol. The van der Waals surface area contributed by atoms with Crippen molar-refractivity contribution in [2.24, 2.45) is 0 Å². The van der Waals surface area contributed by atoms with E-state index >= 15 is 0 Å². The van der Waals surface area contributed by atoms with Gasteiger partial charge in [0.05, 0.1) is 0 Å². The van der Waals surface area contributed by atoms with Gasteiger partial charge in [-0.1, -0.05) is 53.9 Å². The van der Waals surface area contributed by atoms with Crippen LogP contribution in [0.25, 0.3) is 60.4 Å². The Morgan fingerprint density at radius 3 is 2.16 bits per heavy atom. The molecule has 0 unspecified atom stereocenters. The molecule has 0 aliphatic rings. The average Bonchev–Trinajstić information content (AvgIpc) is 3.34. The molecule has 8 aromatic rings. The second kappa shape index (κ2) is 10.2. The van der Waals surface area contributed by atoms with Crippen LogP contribution in [0.5, 0.6) is 0 Å². The van der Waals surface area contributed by atoms with Crippen molar-refractivity contribution in [2.75, 3.05) is 0 Å². The van der Waals surface area contributed by atoms with E-state index in [-0.39, 0.29) is 20.1 Å². The Bertz CT molecular complexity index is 1840. The second-order valence-corrected chi connectivity index (χ2v) is 8.87. The quantitative estimate of drug-likeness (QED) is 0.138. The van der Waals surface area contributed by atoms with E-state index < -0.39 is 0 Å². The maximum atomic E-state index is 4.67. The van der Waals surface area contributed by atoms with E-state index in [4.69, 9.17) is 0 Å². The summed E-state index contributed by atoms with van der Waals surface area (Å²) in [5.41, 5.74) is 6.65. The summed E-state index contributed by atoms with van der Waals surface area (Å²) in [7, 11) is 0. The van der Waals surface area contributed by atoms with Crippen molar-refractivity contribution >= 4 is 43.5 Å². The molecule has 4 heteroatoms. The molecule has 0 fully saturated rings. The maximum Gasteiger partial charge on any atom is 0.0444 e.